The summed E-state index contributed by atoms with van der Waals surface area (Å²) < 4.78 is 10.8. The van der Waals surface area contributed by atoms with E-state index in [1.54, 1.807) is 14.2 Å². The first kappa shape index (κ1) is 14.2. The van der Waals surface area contributed by atoms with Crippen LogP contribution in [-0.2, 0) is 5.54 Å². The highest BCUT2D eigenvalue weighted by atomic mass is 16.5. The van der Waals surface area contributed by atoms with Crippen LogP contribution in [0.3, 0.4) is 0 Å². The van der Waals surface area contributed by atoms with Gasteiger partial charge in [-0.25, -0.2) is 0 Å². The van der Waals surface area contributed by atoms with E-state index < -0.39 is 0 Å². The van der Waals surface area contributed by atoms with Crippen molar-refractivity contribution >= 4 is 0 Å². The molecule has 1 unspecified atom stereocenters. The molecular weight excluding hydrogens is 238 g/mol. The Balaban J connectivity index is 2.41. The minimum atomic E-state index is 0.0794. The maximum Gasteiger partial charge on any atom is 0.122 e. The fourth-order valence-electron chi connectivity index (χ4n) is 3.13. The van der Waals surface area contributed by atoms with Crippen molar-refractivity contribution in [2.75, 3.05) is 20.8 Å². The second-order valence-electron chi connectivity index (χ2n) is 5.81. The van der Waals surface area contributed by atoms with Crippen LogP contribution in [0, 0.1) is 5.92 Å². The standard InChI is InChI=1S/C16H25NO2/c1-12(2)11-16(6-5-7-17-16)13-8-14(18-3)10-15(9-13)19-4/h8-10,12,17H,5-7,11H2,1-4H3. The van der Waals surface area contributed by atoms with Gasteiger partial charge in [-0.15, -0.1) is 0 Å². The van der Waals surface area contributed by atoms with Crippen LogP contribution in [0.25, 0.3) is 0 Å². The molecule has 1 aliphatic heterocycles. The summed E-state index contributed by atoms with van der Waals surface area (Å²) in [6.45, 7) is 5.64. The van der Waals surface area contributed by atoms with E-state index >= 15 is 0 Å². The molecule has 1 aliphatic rings. The SMILES string of the molecule is COc1cc(OC)cc(C2(CC(C)C)CCCN2)c1. The normalized spacial score (nSPS) is 22.8. The van der Waals surface area contributed by atoms with Crippen LogP contribution >= 0.6 is 0 Å². The number of benzene rings is 1. The van der Waals surface area contributed by atoms with E-state index in [1.807, 2.05) is 6.07 Å². The van der Waals surface area contributed by atoms with Crippen molar-refractivity contribution in [1.29, 1.82) is 0 Å². The third kappa shape index (κ3) is 3.03. The van der Waals surface area contributed by atoms with Crippen LogP contribution in [0.15, 0.2) is 18.2 Å². The Morgan fingerprint density at radius 2 is 1.79 bits per heavy atom. The van der Waals surface area contributed by atoms with Crippen molar-refractivity contribution in [3.63, 3.8) is 0 Å². The van der Waals surface area contributed by atoms with Crippen LogP contribution in [0.4, 0.5) is 0 Å². The molecule has 1 aromatic carbocycles. The maximum absolute atomic E-state index is 5.40. The topological polar surface area (TPSA) is 30.5 Å². The summed E-state index contributed by atoms with van der Waals surface area (Å²) in [7, 11) is 3.41. The largest absolute Gasteiger partial charge is 0.497 e. The molecule has 0 aromatic heterocycles. The molecule has 0 amide bonds. The van der Waals surface area contributed by atoms with Gasteiger partial charge in [0.15, 0.2) is 0 Å². The van der Waals surface area contributed by atoms with Crippen LogP contribution < -0.4 is 14.8 Å². The van der Waals surface area contributed by atoms with Crippen molar-refractivity contribution in [2.24, 2.45) is 5.92 Å². The van der Waals surface area contributed by atoms with Gasteiger partial charge in [-0.05, 0) is 49.4 Å². The molecule has 1 fully saturated rings. The van der Waals surface area contributed by atoms with Gasteiger partial charge < -0.3 is 14.8 Å². The van der Waals surface area contributed by atoms with Crippen molar-refractivity contribution < 1.29 is 9.47 Å². The highest BCUT2D eigenvalue weighted by Gasteiger charge is 2.36. The summed E-state index contributed by atoms with van der Waals surface area (Å²) >= 11 is 0. The zero-order valence-electron chi connectivity index (χ0n) is 12.5. The monoisotopic (exact) mass is 263 g/mol. The van der Waals surface area contributed by atoms with Gasteiger partial charge in [0.05, 0.1) is 14.2 Å². The molecule has 19 heavy (non-hydrogen) atoms. The molecule has 1 atom stereocenters. The van der Waals surface area contributed by atoms with E-state index in [1.165, 1.54) is 18.4 Å². The molecule has 0 saturated carbocycles. The molecule has 1 saturated heterocycles. The minimum absolute atomic E-state index is 0.0794. The zero-order valence-corrected chi connectivity index (χ0v) is 12.5. The molecule has 0 spiro atoms. The first-order chi connectivity index (χ1) is 9.09. The lowest BCUT2D eigenvalue weighted by molar-refractivity contribution is 0.307. The van der Waals surface area contributed by atoms with E-state index in [-0.39, 0.29) is 5.54 Å². The number of hydrogen-bond acceptors (Lipinski definition) is 3. The first-order valence-electron chi connectivity index (χ1n) is 7.08. The molecular formula is C16H25NO2. The van der Waals surface area contributed by atoms with Gasteiger partial charge in [-0.1, -0.05) is 13.8 Å². The lowest BCUT2D eigenvalue weighted by atomic mass is 9.81. The minimum Gasteiger partial charge on any atom is -0.497 e. The molecule has 3 heteroatoms. The average molecular weight is 263 g/mol. The van der Waals surface area contributed by atoms with E-state index in [2.05, 4.69) is 31.3 Å². The molecule has 1 N–H and O–H groups in total. The fraction of sp³-hybridized carbons (Fsp3) is 0.625. The van der Waals surface area contributed by atoms with E-state index in [9.17, 15) is 0 Å². The Bertz CT molecular complexity index is 401. The van der Waals surface area contributed by atoms with Crippen LogP contribution in [0.5, 0.6) is 11.5 Å². The molecule has 2 rings (SSSR count). The third-order valence-corrected chi connectivity index (χ3v) is 3.90. The summed E-state index contributed by atoms with van der Waals surface area (Å²) in [5, 5.41) is 3.71. The van der Waals surface area contributed by atoms with Gasteiger partial charge in [0.1, 0.15) is 11.5 Å². The smallest absolute Gasteiger partial charge is 0.122 e. The second kappa shape index (κ2) is 5.83. The highest BCUT2D eigenvalue weighted by Crippen LogP contribution is 2.39. The summed E-state index contributed by atoms with van der Waals surface area (Å²) in [6, 6.07) is 6.22. The summed E-state index contributed by atoms with van der Waals surface area (Å²) in [6.07, 6.45) is 3.55. The molecule has 106 valence electrons. The van der Waals surface area contributed by atoms with Gasteiger partial charge in [-0.2, -0.15) is 0 Å². The number of nitrogens with one attached hydrogen (secondary N) is 1. The van der Waals surface area contributed by atoms with Crippen LogP contribution in [-0.4, -0.2) is 20.8 Å². The number of ether oxygens (including phenoxy) is 2. The Morgan fingerprint density at radius 1 is 1.16 bits per heavy atom. The van der Waals surface area contributed by atoms with Crippen molar-refractivity contribution in [2.45, 2.75) is 38.6 Å². The van der Waals surface area contributed by atoms with Gasteiger partial charge in [-0.3, -0.25) is 0 Å². The van der Waals surface area contributed by atoms with E-state index in [4.69, 9.17) is 9.47 Å². The molecule has 3 nitrogen and oxygen atoms in total. The van der Waals surface area contributed by atoms with Crippen LogP contribution in [0.2, 0.25) is 0 Å². The van der Waals surface area contributed by atoms with Gasteiger partial charge in [0, 0.05) is 11.6 Å². The molecule has 0 radical (unpaired) electrons. The lowest BCUT2D eigenvalue weighted by Crippen LogP contribution is -2.38. The maximum atomic E-state index is 5.40. The van der Waals surface area contributed by atoms with Gasteiger partial charge in [0.2, 0.25) is 0 Å². The number of methoxy groups -OCH3 is 2. The first-order valence-corrected chi connectivity index (χ1v) is 7.08. The molecule has 1 heterocycles. The molecule has 1 aromatic rings. The highest BCUT2D eigenvalue weighted by molar-refractivity contribution is 5.42. The Hall–Kier alpha value is -1.22. The number of rotatable bonds is 5. The summed E-state index contributed by atoms with van der Waals surface area (Å²) in [5.74, 6) is 2.39. The number of hydrogen-bond donors (Lipinski definition) is 1. The van der Waals surface area contributed by atoms with Crippen molar-refractivity contribution in [3.8, 4) is 11.5 Å². The third-order valence-electron chi connectivity index (χ3n) is 3.90. The Kier molecular flexibility index (Phi) is 4.35. The van der Waals surface area contributed by atoms with Crippen LogP contribution in [0.1, 0.15) is 38.7 Å². The van der Waals surface area contributed by atoms with Crippen molar-refractivity contribution in [3.05, 3.63) is 23.8 Å². The summed E-state index contributed by atoms with van der Waals surface area (Å²) in [4.78, 5) is 0. The second-order valence-corrected chi connectivity index (χ2v) is 5.81. The summed E-state index contributed by atoms with van der Waals surface area (Å²) in [5.41, 5.74) is 1.37. The zero-order chi connectivity index (χ0) is 13.9. The van der Waals surface area contributed by atoms with Gasteiger partial charge in [0.25, 0.3) is 0 Å². The quantitative estimate of drug-likeness (QED) is 0.884. The molecule has 0 bridgehead atoms. The predicted molar refractivity (Wildman–Crippen MR) is 77.9 cm³/mol. The Morgan fingerprint density at radius 3 is 2.21 bits per heavy atom. The van der Waals surface area contributed by atoms with E-state index in [0.717, 1.165) is 24.5 Å². The molecule has 0 aliphatic carbocycles. The predicted octanol–water partition coefficient (Wildman–Crippen LogP) is 3.33. The Labute approximate surface area is 116 Å². The average Bonchev–Trinajstić information content (AvgIpc) is 2.87. The lowest BCUT2D eigenvalue weighted by Gasteiger charge is -2.32. The van der Waals surface area contributed by atoms with Crippen molar-refractivity contribution in [1.82, 2.24) is 5.32 Å². The fourth-order valence-corrected chi connectivity index (χ4v) is 3.13. The van der Waals surface area contributed by atoms with E-state index in [0.29, 0.717) is 5.92 Å². The van der Waals surface area contributed by atoms with Gasteiger partial charge >= 0.3 is 0 Å².